The maximum atomic E-state index is 10.9. The second-order valence-electron chi connectivity index (χ2n) is 3.87. The Labute approximate surface area is 90.5 Å². The van der Waals surface area contributed by atoms with Gasteiger partial charge in [0.05, 0.1) is 5.52 Å². The SMILES string of the molecule is O=C(O)c1snc2cc(C3CC3)ccc12. The molecule has 1 aromatic heterocycles. The molecule has 0 atom stereocenters. The summed E-state index contributed by atoms with van der Waals surface area (Å²) in [6.07, 6.45) is 2.50. The molecule has 1 N–H and O–H groups in total. The summed E-state index contributed by atoms with van der Waals surface area (Å²) in [4.78, 5) is 11.2. The van der Waals surface area contributed by atoms with Crippen LogP contribution in [0.15, 0.2) is 18.2 Å². The van der Waals surface area contributed by atoms with E-state index < -0.39 is 5.97 Å². The van der Waals surface area contributed by atoms with E-state index in [9.17, 15) is 4.79 Å². The topological polar surface area (TPSA) is 50.2 Å². The molecule has 0 radical (unpaired) electrons. The number of benzene rings is 1. The molecule has 0 unspecified atom stereocenters. The Bertz CT molecular complexity index is 543. The van der Waals surface area contributed by atoms with Gasteiger partial charge in [0.2, 0.25) is 0 Å². The number of nitrogens with zero attached hydrogens (tertiary/aromatic N) is 1. The van der Waals surface area contributed by atoms with Gasteiger partial charge >= 0.3 is 5.97 Å². The van der Waals surface area contributed by atoms with Gasteiger partial charge in [-0.25, -0.2) is 4.79 Å². The smallest absolute Gasteiger partial charge is 0.348 e. The van der Waals surface area contributed by atoms with E-state index in [1.165, 1.54) is 18.4 Å². The molecule has 0 amide bonds. The van der Waals surface area contributed by atoms with Gasteiger partial charge in [-0.1, -0.05) is 12.1 Å². The highest BCUT2D eigenvalue weighted by atomic mass is 32.1. The first kappa shape index (κ1) is 8.85. The van der Waals surface area contributed by atoms with Crippen molar-refractivity contribution in [3.63, 3.8) is 0 Å². The molecule has 1 heterocycles. The fraction of sp³-hybridized carbons (Fsp3) is 0.273. The van der Waals surface area contributed by atoms with Crippen LogP contribution in [0, 0.1) is 0 Å². The summed E-state index contributed by atoms with van der Waals surface area (Å²) in [7, 11) is 0. The first-order valence-electron chi connectivity index (χ1n) is 4.88. The number of rotatable bonds is 2. The lowest BCUT2D eigenvalue weighted by molar-refractivity contribution is 0.0704. The number of aromatic nitrogens is 1. The van der Waals surface area contributed by atoms with Crippen LogP contribution in [-0.4, -0.2) is 15.4 Å². The second kappa shape index (κ2) is 3.03. The molecule has 0 aliphatic heterocycles. The average Bonchev–Trinajstić information content (AvgIpc) is 2.97. The minimum atomic E-state index is -0.887. The first-order valence-corrected chi connectivity index (χ1v) is 5.65. The summed E-state index contributed by atoms with van der Waals surface area (Å²) < 4.78 is 4.17. The standard InChI is InChI=1S/C11H9NO2S/c13-11(14)10-8-4-3-7(6-1-2-6)5-9(8)12-15-10/h3-6H,1-2H2,(H,13,14). The Hall–Kier alpha value is -1.42. The molecule has 0 saturated heterocycles. The van der Waals surface area contributed by atoms with Crippen molar-refractivity contribution < 1.29 is 9.90 Å². The molecule has 0 bridgehead atoms. The summed E-state index contributed by atoms with van der Waals surface area (Å²) in [5.74, 6) is -0.203. The molecular formula is C11H9NO2S. The van der Waals surface area contributed by atoms with E-state index in [-0.39, 0.29) is 0 Å². The van der Waals surface area contributed by atoms with Crippen molar-refractivity contribution in [1.29, 1.82) is 0 Å². The molecule has 4 heteroatoms. The van der Waals surface area contributed by atoms with Crippen LogP contribution in [0.4, 0.5) is 0 Å². The van der Waals surface area contributed by atoms with Crippen LogP contribution < -0.4 is 0 Å². The van der Waals surface area contributed by atoms with E-state index in [2.05, 4.69) is 4.37 Å². The quantitative estimate of drug-likeness (QED) is 0.844. The molecule has 2 aromatic rings. The molecule has 1 aromatic carbocycles. The van der Waals surface area contributed by atoms with Crippen LogP contribution in [0.1, 0.15) is 34.0 Å². The lowest BCUT2D eigenvalue weighted by Gasteiger charge is -1.97. The molecule has 1 aliphatic rings. The van der Waals surface area contributed by atoms with Crippen molar-refractivity contribution in [1.82, 2.24) is 4.37 Å². The van der Waals surface area contributed by atoms with Crippen LogP contribution in [0.25, 0.3) is 10.9 Å². The van der Waals surface area contributed by atoms with Gasteiger partial charge in [-0.15, -0.1) is 0 Å². The van der Waals surface area contributed by atoms with E-state index in [4.69, 9.17) is 5.11 Å². The van der Waals surface area contributed by atoms with E-state index in [1.54, 1.807) is 0 Å². The van der Waals surface area contributed by atoms with Crippen molar-refractivity contribution in [2.75, 3.05) is 0 Å². The molecule has 1 aliphatic carbocycles. The number of hydrogen-bond donors (Lipinski definition) is 1. The highest BCUT2D eigenvalue weighted by Gasteiger charge is 2.24. The van der Waals surface area contributed by atoms with Crippen LogP contribution in [0.2, 0.25) is 0 Å². The number of carboxylic acids is 1. The molecule has 0 spiro atoms. The van der Waals surface area contributed by atoms with Crippen molar-refractivity contribution in [2.24, 2.45) is 0 Å². The summed E-state index contributed by atoms with van der Waals surface area (Å²) in [5.41, 5.74) is 2.12. The molecule has 3 nitrogen and oxygen atoms in total. The van der Waals surface area contributed by atoms with Crippen LogP contribution in [-0.2, 0) is 0 Å². The van der Waals surface area contributed by atoms with E-state index in [1.807, 2.05) is 18.2 Å². The van der Waals surface area contributed by atoms with Gasteiger partial charge in [0.15, 0.2) is 0 Å². The maximum absolute atomic E-state index is 10.9. The average molecular weight is 219 g/mol. The van der Waals surface area contributed by atoms with Gasteiger partial charge in [0.1, 0.15) is 4.88 Å². The van der Waals surface area contributed by atoms with Crippen LogP contribution in [0.3, 0.4) is 0 Å². The zero-order chi connectivity index (χ0) is 10.4. The Morgan fingerprint density at radius 1 is 1.47 bits per heavy atom. The van der Waals surface area contributed by atoms with Gasteiger partial charge < -0.3 is 5.11 Å². The number of hydrogen-bond acceptors (Lipinski definition) is 3. The molecular weight excluding hydrogens is 210 g/mol. The van der Waals surface area contributed by atoms with Gasteiger partial charge in [-0.05, 0) is 41.9 Å². The summed E-state index contributed by atoms with van der Waals surface area (Å²) >= 11 is 1.06. The van der Waals surface area contributed by atoms with Gasteiger partial charge in [-0.3, -0.25) is 0 Å². The minimum Gasteiger partial charge on any atom is -0.477 e. The number of carbonyl (C=O) groups is 1. The fourth-order valence-corrected chi connectivity index (χ4v) is 2.47. The highest BCUT2D eigenvalue weighted by Crippen LogP contribution is 2.41. The summed E-state index contributed by atoms with van der Waals surface area (Å²) in [6.45, 7) is 0. The third kappa shape index (κ3) is 1.41. The Morgan fingerprint density at radius 2 is 2.27 bits per heavy atom. The third-order valence-electron chi connectivity index (χ3n) is 2.74. The van der Waals surface area contributed by atoms with Gasteiger partial charge in [0.25, 0.3) is 0 Å². The molecule has 1 saturated carbocycles. The number of fused-ring (bicyclic) bond motifs is 1. The highest BCUT2D eigenvalue weighted by molar-refractivity contribution is 7.09. The monoisotopic (exact) mass is 219 g/mol. The van der Waals surface area contributed by atoms with Crippen molar-refractivity contribution in [2.45, 2.75) is 18.8 Å². The molecule has 76 valence electrons. The second-order valence-corrected chi connectivity index (χ2v) is 4.64. The van der Waals surface area contributed by atoms with E-state index in [0.717, 1.165) is 22.4 Å². The van der Waals surface area contributed by atoms with E-state index in [0.29, 0.717) is 10.8 Å². The van der Waals surface area contributed by atoms with Crippen molar-refractivity contribution >= 4 is 28.4 Å². The van der Waals surface area contributed by atoms with Crippen LogP contribution >= 0.6 is 11.5 Å². The minimum absolute atomic E-state index is 0.340. The Kier molecular flexibility index (Phi) is 1.79. The predicted molar refractivity (Wildman–Crippen MR) is 58.6 cm³/mol. The fourth-order valence-electron chi connectivity index (χ4n) is 1.79. The third-order valence-corrected chi connectivity index (χ3v) is 3.61. The summed E-state index contributed by atoms with van der Waals surface area (Å²) in [5, 5.41) is 9.69. The largest absolute Gasteiger partial charge is 0.477 e. The molecule has 15 heavy (non-hydrogen) atoms. The lowest BCUT2D eigenvalue weighted by atomic mass is 10.1. The normalized spacial score (nSPS) is 15.7. The van der Waals surface area contributed by atoms with E-state index >= 15 is 0 Å². The maximum Gasteiger partial charge on any atom is 0.348 e. The predicted octanol–water partition coefficient (Wildman–Crippen LogP) is 2.87. The molecule has 1 fully saturated rings. The summed E-state index contributed by atoms with van der Waals surface area (Å²) in [6, 6.07) is 5.94. The first-order chi connectivity index (χ1) is 7.25. The number of carboxylic acid groups (broad SMARTS) is 1. The van der Waals surface area contributed by atoms with Crippen LogP contribution in [0.5, 0.6) is 0 Å². The number of aromatic carboxylic acids is 1. The van der Waals surface area contributed by atoms with Gasteiger partial charge in [-0.2, -0.15) is 4.37 Å². The van der Waals surface area contributed by atoms with Gasteiger partial charge in [0, 0.05) is 5.39 Å². The Morgan fingerprint density at radius 3 is 2.93 bits per heavy atom. The van der Waals surface area contributed by atoms with Crippen molar-refractivity contribution in [3.8, 4) is 0 Å². The Balaban J connectivity index is 2.17. The zero-order valence-electron chi connectivity index (χ0n) is 7.93. The van der Waals surface area contributed by atoms with Crippen molar-refractivity contribution in [3.05, 3.63) is 28.6 Å². The lowest BCUT2D eigenvalue weighted by Crippen LogP contribution is -1.91. The zero-order valence-corrected chi connectivity index (χ0v) is 8.75. The molecule has 3 rings (SSSR count).